The quantitative estimate of drug-likeness (QED) is 0.451. The van der Waals surface area contributed by atoms with Gasteiger partial charge in [-0.05, 0) is 44.0 Å². The number of carbonyl (C=O) groups excluding carboxylic acids is 2. The van der Waals surface area contributed by atoms with Crippen molar-refractivity contribution in [2.75, 3.05) is 11.9 Å². The Morgan fingerprint density at radius 1 is 1.06 bits per heavy atom. The maximum Gasteiger partial charge on any atom is 0.308 e. The third-order valence-corrected chi connectivity index (χ3v) is 6.39. The Kier molecular flexibility index (Phi) is 7.85. The molecule has 0 aliphatic carbocycles. The van der Waals surface area contributed by atoms with Crippen molar-refractivity contribution in [3.63, 3.8) is 0 Å². The molecule has 3 aromatic rings. The van der Waals surface area contributed by atoms with Crippen molar-refractivity contribution in [1.82, 2.24) is 14.3 Å². The lowest BCUT2D eigenvalue weighted by atomic mass is 10.1. The van der Waals surface area contributed by atoms with Crippen LogP contribution in [0.3, 0.4) is 0 Å². The molecule has 0 fully saturated rings. The van der Waals surface area contributed by atoms with Crippen LogP contribution in [0.2, 0.25) is 0 Å². The average molecular weight is 485 g/mol. The molecule has 0 radical (unpaired) electrons. The molecule has 1 aromatic heterocycles. The van der Waals surface area contributed by atoms with Crippen molar-refractivity contribution < 1.29 is 22.7 Å². The van der Waals surface area contributed by atoms with E-state index in [0.29, 0.717) is 17.1 Å². The molecule has 0 saturated heterocycles. The van der Waals surface area contributed by atoms with Gasteiger partial charge in [0.25, 0.3) is 15.9 Å². The maximum atomic E-state index is 13.0. The number of imidazole rings is 1. The molecule has 10 heteroatoms. The van der Waals surface area contributed by atoms with Crippen LogP contribution in [0.1, 0.15) is 35.0 Å². The number of aromatic nitrogens is 2. The van der Waals surface area contributed by atoms with Crippen LogP contribution in [0, 0.1) is 20.8 Å². The Hall–Kier alpha value is -3.50. The number of carbonyl (C=O) groups is 2. The monoisotopic (exact) mass is 484 g/mol. The molecule has 1 unspecified atom stereocenters. The highest BCUT2D eigenvalue weighted by Crippen LogP contribution is 2.22. The number of anilines is 1. The summed E-state index contributed by atoms with van der Waals surface area (Å²) >= 11 is 0. The summed E-state index contributed by atoms with van der Waals surface area (Å²) in [7, 11) is -2.19. The van der Waals surface area contributed by atoms with Crippen LogP contribution in [0.4, 0.5) is 5.69 Å². The highest BCUT2D eigenvalue weighted by Gasteiger charge is 2.26. The predicted octanol–water partition coefficient (Wildman–Crippen LogP) is 2.94. The van der Waals surface area contributed by atoms with E-state index in [2.05, 4.69) is 15.0 Å². The minimum atomic E-state index is -3.87. The summed E-state index contributed by atoms with van der Waals surface area (Å²) in [5.74, 6) is -0.682. The standard InChI is InChI=1S/C24H28N4O5S/c1-16-12-17(2)14-20(13-16)27-24(30)23(19-8-6-5-7-9-19)33-22(29)10-11-25-34(31,32)21-15-28(4)18(3)26-21/h5-9,12-15,23,25H,10-11H2,1-4H3,(H,27,30). The number of esters is 1. The summed E-state index contributed by atoms with van der Waals surface area (Å²) in [6.45, 7) is 5.33. The first kappa shape index (κ1) is 25.1. The van der Waals surface area contributed by atoms with E-state index in [0.717, 1.165) is 11.1 Å². The van der Waals surface area contributed by atoms with Crippen molar-refractivity contribution in [1.29, 1.82) is 0 Å². The van der Waals surface area contributed by atoms with Crippen molar-refractivity contribution in [2.45, 2.75) is 38.3 Å². The lowest BCUT2D eigenvalue weighted by Gasteiger charge is -2.18. The van der Waals surface area contributed by atoms with E-state index in [9.17, 15) is 18.0 Å². The van der Waals surface area contributed by atoms with Crippen molar-refractivity contribution in [2.24, 2.45) is 7.05 Å². The van der Waals surface area contributed by atoms with Gasteiger partial charge in [-0.2, -0.15) is 0 Å². The SMILES string of the molecule is Cc1cc(C)cc(NC(=O)C(OC(=O)CCNS(=O)(=O)c2cn(C)c(C)n2)c2ccccc2)c1. The molecule has 0 spiro atoms. The lowest BCUT2D eigenvalue weighted by Crippen LogP contribution is -2.29. The molecular weight excluding hydrogens is 456 g/mol. The number of nitrogens with one attached hydrogen (secondary N) is 2. The second kappa shape index (κ2) is 10.6. The van der Waals surface area contributed by atoms with Gasteiger partial charge in [0.05, 0.1) is 6.42 Å². The van der Waals surface area contributed by atoms with E-state index in [1.807, 2.05) is 32.0 Å². The number of nitrogens with zero attached hydrogens (tertiary/aromatic N) is 2. The summed E-state index contributed by atoms with van der Waals surface area (Å²) in [6, 6.07) is 14.3. The molecule has 0 bridgehead atoms. The number of amides is 1. The highest BCUT2D eigenvalue weighted by molar-refractivity contribution is 7.89. The van der Waals surface area contributed by atoms with Crippen LogP contribution in [0.25, 0.3) is 0 Å². The molecule has 180 valence electrons. The minimum absolute atomic E-state index is 0.129. The molecule has 0 saturated carbocycles. The molecule has 0 aliphatic heterocycles. The van der Waals surface area contributed by atoms with E-state index in [1.165, 1.54) is 6.20 Å². The number of ether oxygens (including phenoxy) is 1. The van der Waals surface area contributed by atoms with E-state index in [1.54, 1.807) is 48.9 Å². The second-order valence-corrected chi connectivity index (χ2v) is 9.75. The zero-order valence-corrected chi connectivity index (χ0v) is 20.3. The number of rotatable bonds is 9. The highest BCUT2D eigenvalue weighted by atomic mass is 32.2. The van der Waals surface area contributed by atoms with Gasteiger partial charge in [-0.1, -0.05) is 36.4 Å². The average Bonchev–Trinajstić information content (AvgIpc) is 3.11. The van der Waals surface area contributed by atoms with Crippen LogP contribution in [-0.2, 0) is 31.4 Å². The van der Waals surface area contributed by atoms with Crippen molar-refractivity contribution >= 4 is 27.6 Å². The van der Waals surface area contributed by atoms with Crippen LogP contribution < -0.4 is 10.0 Å². The van der Waals surface area contributed by atoms with Gasteiger partial charge in [0.1, 0.15) is 5.82 Å². The maximum absolute atomic E-state index is 13.0. The van der Waals surface area contributed by atoms with Gasteiger partial charge in [-0.3, -0.25) is 9.59 Å². The predicted molar refractivity (Wildman–Crippen MR) is 128 cm³/mol. The summed E-state index contributed by atoms with van der Waals surface area (Å²) < 4.78 is 34.2. The molecule has 34 heavy (non-hydrogen) atoms. The van der Waals surface area contributed by atoms with E-state index in [-0.39, 0.29) is 18.0 Å². The fraction of sp³-hybridized carbons (Fsp3) is 0.292. The van der Waals surface area contributed by atoms with Crippen molar-refractivity contribution in [3.8, 4) is 0 Å². The summed E-state index contributed by atoms with van der Waals surface area (Å²) in [4.78, 5) is 29.5. The first-order valence-corrected chi connectivity index (χ1v) is 12.2. The molecule has 1 heterocycles. The Morgan fingerprint density at radius 3 is 2.29 bits per heavy atom. The Bertz CT molecular complexity index is 1250. The van der Waals surface area contributed by atoms with Gasteiger partial charge in [-0.15, -0.1) is 0 Å². The number of sulfonamides is 1. The van der Waals surface area contributed by atoms with Gasteiger partial charge in [-0.25, -0.2) is 18.1 Å². The topological polar surface area (TPSA) is 119 Å². The van der Waals surface area contributed by atoms with E-state index in [4.69, 9.17) is 4.74 Å². The summed E-state index contributed by atoms with van der Waals surface area (Å²) in [5, 5.41) is 2.67. The van der Waals surface area contributed by atoms with Gasteiger partial charge >= 0.3 is 5.97 Å². The van der Waals surface area contributed by atoms with Crippen molar-refractivity contribution in [3.05, 3.63) is 77.2 Å². The van der Waals surface area contributed by atoms with Gasteiger partial charge in [0.2, 0.25) is 6.10 Å². The molecule has 1 atom stereocenters. The van der Waals surface area contributed by atoms with Crippen LogP contribution >= 0.6 is 0 Å². The van der Waals surface area contributed by atoms with Gasteiger partial charge in [0, 0.05) is 31.0 Å². The molecule has 1 amide bonds. The summed E-state index contributed by atoms with van der Waals surface area (Å²) in [6.07, 6.45) is -0.0613. The fourth-order valence-electron chi connectivity index (χ4n) is 3.36. The third kappa shape index (κ3) is 6.52. The largest absolute Gasteiger partial charge is 0.447 e. The first-order valence-electron chi connectivity index (χ1n) is 10.7. The lowest BCUT2D eigenvalue weighted by molar-refractivity contribution is -0.154. The van der Waals surface area contributed by atoms with Gasteiger partial charge in [0.15, 0.2) is 5.03 Å². The van der Waals surface area contributed by atoms with Crippen LogP contribution in [0.5, 0.6) is 0 Å². The Labute approximate surface area is 199 Å². The Balaban J connectivity index is 1.66. The minimum Gasteiger partial charge on any atom is -0.447 e. The number of aryl methyl sites for hydroxylation is 4. The third-order valence-electron chi connectivity index (χ3n) is 5.06. The normalized spacial score (nSPS) is 12.2. The fourth-order valence-corrected chi connectivity index (χ4v) is 4.43. The van der Waals surface area contributed by atoms with E-state index >= 15 is 0 Å². The molecule has 2 N–H and O–H groups in total. The Morgan fingerprint density at radius 2 is 1.71 bits per heavy atom. The second-order valence-electron chi connectivity index (χ2n) is 8.03. The zero-order valence-electron chi connectivity index (χ0n) is 19.5. The smallest absolute Gasteiger partial charge is 0.308 e. The number of benzene rings is 2. The van der Waals surface area contributed by atoms with Gasteiger partial charge < -0.3 is 14.6 Å². The van der Waals surface area contributed by atoms with Crippen LogP contribution in [-0.4, -0.2) is 36.4 Å². The number of hydrogen-bond acceptors (Lipinski definition) is 6. The molecule has 0 aliphatic rings. The molecular formula is C24H28N4O5S. The number of hydrogen-bond donors (Lipinski definition) is 2. The molecule has 3 rings (SSSR count). The molecule has 9 nitrogen and oxygen atoms in total. The van der Waals surface area contributed by atoms with Crippen LogP contribution in [0.15, 0.2) is 59.8 Å². The zero-order chi connectivity index (χ0) is 24.9. The first-order chi connectivity index (χ1) is 16.0. The summed E-state index contributed by atoms with van der Waals surface area (Å²) in [5.41, 5.74) is 3.07. The molecule has 2 aromatic carbocycles. The van der Waals surface area contributed by atoms with E-state index < -0.39 is 28.0 Å².